The number of benzene rings is 1. The molecule has 31 heavy (non-hydrogen) atoms. The van der Waals surface area contributed by atoms with Gasteiger partial charge in [0.15, 0.2) is 0 Å². The maximum Gasteiger partial charge on any atom is 0.417 e. The number of nitriles is 1. The predicted molar refractivity (Wildman–Crippen MR) is 109 cm³/mol. The van der Waals surface area contributed by atoms with Gasteiger partial charge in [-0.15, -0.1) is 0 Å². The summed E-state index contributed by atoms with van der Waals surface area (Å²) >= 11 is 0. The number of hydrogen-bond acceptors (Lipinski definition) is 5. The third kappa shape index (κ3) is 10.1. The molecule has 3 N–H and O–H groups in total. The Balaban J connectivity index is 2.44. The number of nitrogens with one attached hydrogen (secondary N) is 1. The van der Waals surface area contributed by atoms with Crippen LogP contribution in [0.3, 0.4) is 0 Å². The van der Waals surface area contributed by atoms with Gasteiger partial charge >= 0.3 is 6.18 Å². The van der Waals surface area contributed by atoms with E-state index in [2.05, 4.69) is 5.32 Å². The molecule has 174 valence electrons. The zero-order valence-corrected chi connectivity index (χ0v) is 18.0. The molecule has 0 aliphatic rings. The number of aliphatic hydroxyl groups is 1. The number of anilines is 1. The van der Waals surface area contributed by atoms with Gasteiger partial charge in [-0.1, -0.05) is 38.5 Å². The van der Waals surface area contributed by atoms with E-state index in [1.807, 2.05) is 0 Å². The highest BCUT2D eigenvalue weighted by molar-refractivity contribution is 7.85. The highest BCUT2D eigenvalue weighted by Gasteiger charge is 2.35. The fraction of sp³-hybridized carbons (Fsp3) is 0.600. The smallest absolute Gasteiger partial charge is 0.380 e. The number of rotatable bonds is 12. The lowest BCUT2D eigenvalue weighted by Crippen LogP contribution is -2.40. The summed E-state index contributed by atoms with van der Waals surface area (Å²) in [6.07, 6.45) is 0.115. The van der Waals surface area contributed by atoms with E-state index in [-0.39, 0.29) is 17.9 Å². The van der Waals surface area contributed by atoms with Crippen molar-refractivity contribution < 1.29 is 36.0 Å². The van der Waals surface area contributed by atoms with Crippen LogP contribution in [-0.4, -0.2) is 35.3 Å². The second-order valence-electron chi connectivity index (χ2n) is 7.61. The monoisotopic (exact) mass is 464 g/mol. The molecule has 0 saturated heterocycles. The van der Waals surface area contributed by atoms with Crippen LogP contribution in [0, 0.1) is 11.3 Å². The molecule has 1 aromatic rings. The second kappa shape index (κ2) is 11.5. The van der Waals surface area contributed by atoms with E-state index in [1.165, 1.54) is 19.1 Å². The molecule has 0 unspecified atom stereocenters. The van der Waals surface area contributed by atoms with Crippen LogP contribution in [0.1, 0.15) is 69.4 Å². The summed E-state index contributed by atoms with van der Waals surface area (Å²) in [5.74, 6) is -1.09. The molecular formula is C20H27F3N2O5S. The van der Waals surface area contributed by atoms with Gasteiger partial charge in [0.1, 0.15) is 5.60 Å². The zero-order chi connectivity index (χ0) is 23.7. The maximum absolute atomic E-state index is 13.0. The van der Waals surface area contributed by atoms with E-state index in [1.54, 1.807) is 0 Å². The number of carbonyl (C=O) groups excluding carboxylic acids is 1. The van der Waals surface area contributed by atoms with E-state index >= 15 is 0 Å². The molecule has 0 bridgehead atoms. The molecule has 1 amide bonds. The fourth-order valence-electron chi connectivity index (χ4n) is 2.97. The van der Waals surface area contributed by atoms with Crippen LogP contribution in [0.25, 0.3) is 0 Å². The molecule has 1 atom stereocenters. The van der Waals surface area contributed by atoms with Crippen LogP contribution >= 0.6 is 0 Å². The van der Waals surface area contributed by atoms with Crippen LogP contribution < -0.4 is 5.32 Å². The Hall–Kier alpha value is -2.16. The first kappa shape index (κ1) is 26.9. The van der Waals surface area contributed by atoms with Gasteiger partial charge in [0.25, 0.3) is 16.0 Å². The molecule has 0 radical (unpaired) electrons. The standard InChI is InChI=1S/C20H27F3N2O5S/c1-19(27,11-7-5-3-2-4-6-8-12-31(28,29)30)18(26)25-16-10-9-15(14-24)17(13-16)20(21,22)23/h9-10,13,27H,2-8,11-12H2,1H3,(H,25,26)(H,28,29,30)/t19-/m0/s1. The molecule has 0 aliphatic heterocycles. The van der Waals surface area contributed by atoms with Gasteiger partial charge in [0, 0.05) is 5.69 Å². The van der Waals surface area contributed by atoms with E-state index in [0.29, 0.717) is 25.3 Å². The van der Waals surface area contributed by atoms with Crippen molar-refractivity contribution in [3.63, 3.8) is 0 Å². The van der Waals surface area contributed by atoms with Gasteiger partial charge in [-0.2, -0.15) is 26.9 Å². The van der Waals surface area contributed by atoms with Crippen molar-refractivity contribution in [3.05, 3.63) is 29.3 Å². The minimum absolute atomic E-state index is 0.115. The average molecular weight is 465 g/mol. The van der Waals surface area contributed by atoms with E-state index in [4.69, 9.17) is 9.81 Å². The normalized spacial score (nSPS) is 14.0. The highest BCUT2D eigenvalue weighted by atomic mass is 32.2. The molecule has 0 heterocycles. The van der Waals surface area contributed by atoms with Crippen LogP contribution in [0.4, 0.5) is 18.9 Å². The predicted octanol–water partition coefficient (Wildman–Crippen LogP) is 4.28. The fourth-order valence-corrected chi connectivity index (χ4v) is 3.54. The van der Waals surface area contributed by atoms with Gasteiger partial charge in [0.05, 0.1) is 22.9 Å². The molecule has 0 spiro atoms. The van der Waals surface area contributed by atoms with E-state index in [0.717, 1.165) is 31.7 Å². The molecular weight excluding hydrogens is 437 g/mol. The van der Waals surface area contributed by atoms with E-state index < -0.39 is 38.9 Å². The number of alkyl halides is 3. The SMILES string of the molecule is C[C@](O)(CCCCCCCCCS(=O)(=O)O)C(=O)Nc1ccc(C#N)c(C(F)(F)F)c1. The Labute approximate surface area is 180 Å². The minimum atomic E-state index is -4.75. The quantitative estimate of drug-likeness (QED) is 0.313. The number of nitrogens with zero attached hydrogens (tertiary/aromatic N) is 1. The van der Waals surface area contributed by atoms with Gasteiger partial charge in [-0.3, -0.25) is 9.35 Å². The summed E-state index contributed by atoms with van der Waals surface area (Å²) in [4.78, 5) is 12.3. The number of carbonyl (C=O) groups is 1. The van der Waals surface area contributed by atoms with Crippen molar-refractivity contribution in [2.75, 3.05) is 11.1 Å². The van der Waals surface area contributed by atoms with Crippen LogP contribution in [0.2, 0.25) is 0 Å². The lowest BCUT2D eigenvalue weighted by Gasteiger charge is -2.22. The first-order valence-corrected chi connectivity index (χ1v) is 11.5. The van der Waals surface area contributed by atoms with Crippen molar-refractivity contribution in [2.24, 2.45) is 0 Å². The minimum Gasteiger partial charge on any atom is -0.380 e. The topological polar surface area (TPSA) is 127 Å². The average Bonchev–Trinajstić information content (AvgIpc) is 2.65. The summed E-state index contributed by atoms with van der Waals surface area (Å²) < 4.78 is 68.9. The van der Waals surface area contributed by atoms with Crippen LogP contribution in [0.5, 0.6) is 0 Å². The number of amides is 1. The first-order valence-electron chi connectivity index (χ1n) is 9.86. The summed E-state index contributed by atoms with van der Waals surface area (Å²) in [6, 6.07) is 4.25. The summed E-state index contributed by atoms with van der Waals surface area (Å²) in [7, 11) is -3.92. The lowest BCUT2D eigenvalue weighted by atomic mass is 9.96. The largest absolute Gasteiger partial charge is 0.417 e. The van der Waals surface area contributed by atoms with E-state index in [9.17, 15) is 31.5 Å². The van der Waals surface area contributed by atoms with Gasteiger partial charge < -0.3 is 10.4 Å². The lowest BCUT2D eigenvalue weighted by molar-refractivity contribution is -0.138. The van der Waals surface area contributed by atoms with Gasteiger partial charge in [0.2, 0.25) is 0 Å². The maximum atomic E-state index is 13.0. The van der Waals surface area contributed by atoms with Crippen LogP contribution in [0.15, 0.2) is 18.2 Å². The Morgan fingerprint density at radius 1 is 1.10 bits per heavy atom. The van der Waals surface area contributed by atoms with Crippen molar-refractivity contribution in [2.45, 2.75) is 70.1 Å². The highest BCUT2D eigenvalue weighted by Crippen LogP contribution is 2.33. The summed E-state index contributed by atoms with van der Waals surface area (Å²) in [5.41, 5.74) is -3.66. The Morgan fingerprint density at radius 2 is 1.65 bits per heavy atom. The van der Waals surface area contributed by atoms with Crippen molar-refractivity contribution in [1.29, 1.82) is 5.26 Å². The van der Waals surface area contributed by atoms with Crippen molar-refractivity contribution >= 4 is 21.7 Å². The molecule has 0 aliphatic carbocycles. The summed E-state index contributed by atoms with van der Waals surface area (Å²) in [6.45, 7) is 1.28. The third-order valence-electron chi connectivity index (χ3n) is 4.76. The number of hydrogen-bond donors (Lipinski definition) is 3. The zero-order valence-electron chi connectivity index (χ0n) is 17.2. The molecule has 0 aromatic heterocycles. The van der Waals surface area contributed by atoms with Gasteiger partial charge in [-0.25, -0.2) is 0 Å². The first-order chi connectivity index (χ1) is 14.3. The second-order valence-corrected chi connectivity index (χ2v) is 9.18. The molecule has 0 saturated carbocycles. The number of unbranched alkanes of at least 4 members (excludes halogenated alkanes) is 6. The Kier molecular flexibility index (Phi) is 9.93. The summed E-state index contributed by atoms with van der Waals surface area (Å²) in [5, 5.41) is 21.4. The molecule has 11 heteroatoms. The molecule has 0 fully saturated rings. The van der Waals surface area contributed by atoms with Crippen LogP contribution in [-0.2, 0) is 21.1 Å². The Morgan fingerprint density at radius 3 is 2.16 bits per heavy atom. The van der Waals surface area contributed by atoms with Crippen molar-refractivity contribution in [1.82, 2.24) is 0 Å². The molecule has 7 nitrogen and oxygen atoms in total. The Bertz CT molecular complexity index is 893. The van der Waals surface area contributed by atoms with Gasteiger partial charge in [-0.05, 0) is 38.0 Å². The molecule has 1 rings (SSSR count). The molecule has 1 aromatic carbocycles. The van der Waals surface area contributed by atoms with Crippen molar-refractivity contribution in [3.8, 4) is 6.07 Å². The third-order valence-corrected chi connectivity index (χ3v) is 5.56. The number of halogens is 3.